The Morgan fingerprint density at radius 1 is 1.00 bits per heavy atom. The van der Waals surface area contributed by atoms with E-state index in [-0.39, 0.29) is 5.91 Å². The van der Waals surface area contributed by atoms with Gasteiger partial charge in [-0.1, -0.05) is 30.3 Å². The van der Waals surface area contributed by atoms with Crippen LogP contribution < -0.4 is 9.47 Å². The van der Waals surface area contributed by atoms with Gasteiger partial charge in [0.25, 0.3) is 0 Å². The topological polar surface area (TPSA) is 56.6 Å². The minimum absolute atomic E-state index is 0.0136. The first kappa shape index (κ1) is 21.8. The second-order valence-electron chi connectivity index (χ2n) is 8.38. The van der Waals surface area contributed by atoms with E-state index >= 15 is 0 Å². The minimum atomic E-state index is -0.0136. The molecular formula is C28H27N3O3. The Morgan fingerprint density at radius 2 is 1.74 bits per heavy atom. The van der Waals surface area contributed by atoms with Gasteiger partial charge in [-0.15, -0.1) is 0 Å². The van der Waals surface area contributed by atoms with Crippen molar-refractivity contribution in [2.24, 2.45) is 7.05 Å². The summed E-state index contributed by atoms with van der Waals surface area (Å²) in [6.45, 7) is 1.20. The lowest BCUT2D eigenvalue weighted by atomic mass is 9.98. The summed E-state index contributed by atoms with van der Waals surface area (Å²) in [7, 11) is 5.28. The molecule has 0 N–H and O–H groups in total. The van der Waals surface area contributed by atoms with Crippen LogP contribution in [0.1, 0.15) is 16.7 Å². The van der Waals surface area contributed by atoms with Crippen molar-refractivity contribution in [3.63, 3.8) is 0 Å². The standard InChI is InChI=1S/C28H27N3O3/c1-30-27(19-8-5-4-6-9-19)22(23-10-7-14-29-28(23)30)11-12-26(32)31-15-13-20-16-24(33-2)25(34-3)17-21(20)18-31/h4-12,14,16-17H,13,15,18H2,1-3H3. The first-order valence-corrected chi connectivity index (χ1v) is 11.3. The van der Waals surface area contributed by atoms with Crippen molar-refractivity contribution < 1.29 is 14.3 Å². The molecule has 0 unspecified atom stereocenters. The van der Waals surface area contributed by atoms with Crippen LogP contribution in [-0.2, 0) is 24.8 Å². The molecule has 0 fully saturated rings. The lowest BCUT2D eigenvalue weighted by molar-refractivity contribution is -0.126. The lowest BCUT2D eigenvalue weighted by Gasteiger charge is -2.28. The fraction of sp³-hybridized carbons (Fsp3) is 0.214. The van der Waals surface area contributed by atoms with Crippen molar-refractivity contribution in [2.45, 2.75) is 13.0 Å². The maximum Gasteiger partial charge on any atom is 0.246 e. The molecule has 172 valence electrons. The molecule has 1 aliphatic heterocycles. The van der Waals surface area contributed by atoms with E-state index in [4.69, 9.17) is 9.47 Å². The van der Waals surface area contributed by atoms with Crippen molar-refractivity contribution in [1.82, 2.24) is 14.5 Å². The summed E-state index contributed by atoms with van der Waals surface area (Å²) in [4.78, 5) is 19.7. The Labute approximate surface area is 199 Å². The van der Waals surface area contributed by atoms with E-state index in [2.05, 4.69) is 27.8 Å². The number of carbonyl (C=O) groups excluding carboxylic acids is 1. The first-order valence-electron chi connectivity index (χ1n) is 11.3. The summed E-state index contributed by atoms with van der Waals surface area (Å²) >= 11 is 0. The molecule has 0 saturated carbocycles. The highest BCUT2D eigenvalue weighted by Gasteiger charge is 2.22. The van der Waals surface area contributed by atoms with Gasteiger partial charge in [-0.05, 0) is 53.5 Å². The maximum absolute atomic E-state index is 13.2. The first-order chi connectivity index (χ1) is 16.6. The van der Waals surface area contributed by atoms with Crippen LogP contribution in [0.5, 0.6) is 11.5 Å². The van der Waals surface area contributed by atoms with Crippen molar-refractivity contribution in [3.8, 4) is 22.8 Å². The molecule has 2 aromatic carbocycles. The van der Waals surface area contributed by atoms with Crippen molar-refractivity contribution in [3.05, 3.63) is 83.6 Å². The maximum atomic E-state index is 13.2. The molecule has 0 radical (unpaired) electrons. The van der Waals surface area contributed by atoms with E-state index in [1.807, 2.05) is 54.4 Å². The number of aromatic nitrogens is 2. The highest BCUT2D eigenvalue weighted by molar-refractivity contribution is 6.00. The van der Waals surface area contributed by atoms with Gasteiger partial charge >= 0.3 is 0 Å². The van der Waals surface area contributed by atoms with Gasteiger partial charge in [-0.25, -0.2) is 4.98 Å². The molecule has 4 aromatic rings. The second-order valence-corrected chi connectivity index (χ2v) is 8.38. The van der Waals surface area contributed by atoms with Crippen molar-refractivity contribution in [1.29, 1.82) is 0 Å². The molecule has 0 saturated heterocycles. The van der Waals surface area contributed by atoms with Gasteiger partial charge in [-0.3, -0.25) is 4.79 Å². The average molecular weight is 454 g/mol. The van der Waals surface area contributed by atoms with Crippen molar-refractivity contribution >= 4 is 23.0 Å². The van der Waals surface area contributed by atoms with E-state index in [9.17, 15) is 4.79 Å². The SMILES string of the molecule is COc1cc2c(cc1OC)CN(C(=O)C=Cc1c(-c3ccccc3)n(C)c3ncccc13)CC2. The fourth-order valence-electron chi connectivity index (χ4n) is 4.73. The van der Waals surface area contributed by atoms with E-state index < -0.39 is 0 Å². The number of amides is 1. The van der Waals surface area contributed by atoms with Gasteiger partial charge in [0, 0.05) is 43.4 Å². The van der Waals surface area contributed by atoms with Gasteiger partial charge in [0.15, 0.2) is 11.5 Å². The van der Waals surface area contributed by atoms with Crippen LogP contribution in [0, 0.1) is 0 Å². The zero-order chi connectivity index (χ0) is 23.7. The van der Waals surface area contributed by atoms with Crippen LogP contribution in [0.15, 0.2) is 66.9 Å². The minimum Gasteiger partial charge on any atom is -0.493 e. The Kier molecular flexibility index (Phi) is 5.80. The number of pyridine rings is 1. The molecule has 1 aliphatic rings. The Balaban J connectivity index is 1.46. The second kappa shape index (κ2) is 9.06. The van der Waals surface area contributed by atoms with Crippen LogP contribution in [0.2, 0.25) is 0 Å². The van der Waals surface area contributed by atoms with Gasteiger partial charge in [-0.2, -0.15) is 0 Å². The highest BCUT2D eigenvalue weighted by atomic mass is 16.5. The van der Waals surface area contributed by atoms with Gasteiger partial charge in [0.05, 0.1) is 19.9 Å². The van der Waals surface area contributed by atoms with E-state index in [1.165, 1.54) is 5.56 Å². The number of fused-ring (bicyclic) bond motifs is 2. The predicted octanol–water partition coefficient (Wildman–Crippen LogP) is 4.86. The summed E-state index contributed by atoms with van der Waals surface area (Å²) in [5.41, 5.74) is 6.29. The summed E-state index contributed by atoms with van der Waals surface area (Å²) in [6, 6.07) is 18.2. The number of carbonyl (C=O) groups is 1. The largest absolute Gasteiger partial charge is 0.493 e. The van der Waals surface area contributed by atoms with Gasteiger partial charge < -0.3 is 18.9 Å². The van der Waals surface area contributed by atoms with Crippen LogP contribution >= 0.6 is 0 Å². The molecule has 2 aromatic heterocycles. The van der Waals surface area contributed by atoms with Crippen LogP contribution in [0.4, 0.5) is 0 Å². The third-order valence-electron chi connectivity index (χ3n) is 6.45. The molecule has 0 aliphatic carbocycles. The number of hydrogen-bond acceptors (Lipinski definition) is 4. The summed E-state index contributed by atoms with van der Waals surface area (Å²) in [6.07, 6.45) is 6.19. The lowest BCUT2D eigenvalue weighted by Crippen LogP contribution is -2.34. The molecule has 5 rings (SSSR count). The number of methoxy groups -OCH3 is 2. The summed E-state index contributed by atoms with van der Waals surface area (Å²) in [5.74, 6) is 1.39. The van der Waals surface area contributed by atoms with Crippen LogP contribution in [0.3, 0.4) is 0 Å². The smallest absolute Gasteiger partial charge is 0.246 e. The van der Waals surface area contributed by atoms with Crippen molar-refractivity contribution in [2.75, 3.05) is 20.8 Å². The Bertz CT molecular complexity index is 1390. The quantitative estimate of drug-likeness (QED) is 0.405. The highest BCUT2D eigenvalue weighted by Crippen LogP contribution is 2.35. The molecule has 1 amide bonds. The van der Waals surface area contributed by atoms with Gasteiger partial charge in [0.2, 0.25) is 5.91 Å². The predicted molar refractivity (Wildman–Crippen MR) is 134 cm³/mol. The molecule has 6 heteroatoms. The normalized spacial score (nSPS) is 13.3. The monoisotopic (exact) mass is 453 g/mol. The molecule has 0 spiro atoms. The average Bonchev–Trinajstić information content (AvgIpc) is 3.18. The Hall–Kier alpha value is -4.06. The third kappa shape index (κ3) is 3.81. The molecule has 6 nitrogen and oxygen atoms in total. The molecule has 0 bridgehead atoms. The fourth-order valence-corrected chi connectivity index (χ4v) is 4.73. The zero-order valence-electron chi connectivity index (χ0n) is 19.6. The number of ether oxygens (including phenoxy) is 2. The van der Waals surface area contributed by atoms with E-state index in [1.54, 1.807) is 26.5 Å². The van der Waals surface area contributed by atoms with E-state index in [0.717, 1.165) is 45.6 Å². The van der Waals surface area contributed by atoms with Crippen LogP contribution in [-0.4, -0.2) is 41.1 Å². The van der Waals surface area contributed by atoms with E-state index in [0.29, 0.717) is 18.8 Å². The number of rotatable bonds is 5. The Morgan fingerprint density at radius 3 is 2.47 bits per heavy atom. The molecule has 3 heterocycles. The summed E-state index contributed by atoms with van der Waals surface area (Å²) < 4.78 is 13.0. The van der Waals surface area contributed by atoms with Gasteiger partial charge in [0.1, 0.15) is 5.65 Å². The molecular weight excluding hydrogens is 426 g/mol. The number of hydrogen-bond donors (Lipinski definition) is 0. The number of nitrogens with zero attached hydrogens (tertiary/aromatic N) is 3. The number of benzene rings is 2. The molecule has 0 atom stereocenters. The summed E-state index contributed by atoms with van der Waals surface area (Å²) in [5, 5.41) is 1.02. The third-order valence-corrected chi connectivity index (χ3v) is 6.45. The number of aryl methyl sites for hydroxylation is 1. The zero-order valence-corrected chi connectivity index (χ0v) is 19.6. The molecule has 34 heavy (non-hydrogen) atoms. The van der Waals surface area contributed by atoms with Crippen LogP contribution in [0.25, 0.3) is 28.4 Å².